The van der Waals surface area contributed by atoms with Crippen LogP contribution in [0.1, 0.15) is 17.8 Å². The van der Waals surface area contributed by atoms with Crippen molar-refractivity contribution < 1.29 is 0 Å². The Hall–Kier alpha value is -1.75. The third kappa shape index (κ3) is 2.98. The highest BCUT2D eigenvalue weighted by atomic mass is 15.1. The molecule has 2 rings (SSSR count). The molecule has 0 bridgehead atoms. The molecule has 2 heterocycles. The van der Waals surface area contributed by atoms with Crippen LogP contribution >= 0.6 is 0 Å². The third-order valence-electron chi connectivity index (χ3n) is 3.16. The number of hydrogen-bond acceptors (Lipinski definition) is 4. The molecule has 0 saturated heterocycles. The van der Waals surface area contributed by atoms with Crippen molar-refractivity contribution in [2.45, 2.75) is 26.8 Å². The first-order chi connectivity index (χ1) is 8.99. The molecule has 1 N–H and O–H groups in total. The largest absolute Gasteiger partial charge is 0.313 e. The highest BCUT2D eigenvalue weighted by Crippen LogP contribution is 2.08. The summed E-state index contributed by atoms with van der Waals surface area (Å²) in [6.45, 7) is 5.76. The van der Waals surface area contributed by atoms with E-state index < -0.39 is 0 Å². The lowest BCUT2D eigenvalue weighted by Gasteiger charge is -2.14. The van der Waals surface area contributed by atoms with Crippen LogP contribution in [0.15, 0.2) is 12.3 Å². The molecule has 2 aromatic rings. The minimum absolute atomic E-state index is 0.459. The van der Waals surface area contributed by atoms with Gasteiger partial charge in [0.2, 0.25) is 0 Å². The van der Waals surface area contributed by atoms with Crippen molar-refractivity contribution in [1.82, 2.24) is 19.4 Å². The minimum Gasteiger partial charge on any atom is -0.313 e. The summed E-state index contributed by atoms with van der Waals surface area (Å²) < 4.78 is 1.94. The fourth-order valence-electron chi connectivity index (χ4n) is 2.16. The summed E-state index contributed by atoms with van der Waals surface area (Å²) >= 11 is 0. The summed E-state index contributed by atoms with van der Waals surface area (Å²) in [6, 6.07) is 1.98. The lowest BCUT2D eigenvalue weighted by atomic mass is 10.2. The predicted octanol–water partition coefficient (Wildman–Crippen LogP) is 1.48. The average molecular weight is 259 g/mol. The Kier molecular flexibility index (Phi) is 3.95. The van der Waals surface area contributed by atoms with E-state index in [0.29, 0.717) is 11.0 Å². The monoisotopic (exact) mass is 259 g/mol. The van der Waals surface area contributed by atoms with E-state index in [1.165, 1.54) is 0 Å². The van der Waals surface area contributed by atoms with Gasteiger partial charge in [-0.1, -0.05) is 0 Å². The fraction of sp³-hybridized carbons (Fsp3) is 0.500. The zero-order valence-corrected chi connectivity index (χ0v) is 12.1. The van der Waals surface area contributed by atoms with E-state index in [9.17, 15) is 0 Å². The van der Waals surface area contributed by atoms with E-state index in [0.717, 1.165) is 36.4 Å². The molecule has 0 aliphatic rings. The molecule has 102 valence electrons. The van der Waals surface area contributed by atoms with Crippen LogP contribution in [0.3, 0.4) is 0 Å². The van der Waals surface area contributed by atoms with E-state index in [4.69, 9.17) is 5.41 Å². The maximum atomic E-state index is 8.28. The number of hydrogen-bond donors (Lipinski definition) is 1. The quantitative estimate of drug-likeness (QED) is 0.904. The second kappa shape index (κ2) is 5.48. The van der Waals surface area contributed by atoms with Crippen molar-refractivity contribution in [3.05, 3.63) is 29.1 Å². The number of fused-ring (bicyclic) bond motifs is 1. The first kappa shape index (κ1) is 13.7. The number of nitrogens with zero attached hydrogens (tertiary/aromatic N) is 4. The van der Waals surface area contributed by atoms with E-state index in [1.54, 1.807) is 6.20 Å². The molecule has 19 heavy (non-hydrogen) atoms. The van der Waals surface area contributed by atoms with Gasteiger partial charge in [-0.2, -0.15) is 0 Å². The van der Waals surface area contributed by atoms with Gasteiger partial charge in [-0.05, 0) is 52.5 Å². The summed E-state index contributed by atoms with van der Waals surface area (Å²) in [7, 11) is 4.12. The van der Waals surface area contributed by atoms with Crippen LogP contribution in [0.2, 0.25) is 0 Å². The number of aryl methyl sites for hydroxylation is 2. The molecule has 5 heteroatoms. The Morgan fingerprint density at radius 3 is 2.74 bits per heavy atom. The molecule has 0 aliphatic heterocycles. The van der Waals surface area contributed by atoms with Gasteiger partial charge >= 0.3 is 0 Å². The zero-order valence-electron chi connectivity index (χ0n) is 12.1. The van der Waals surface area contributed by atoms with Gasteiger partial charge in [0.25, 0.3) is 0 Å². The highest BCUT2D eigenvalue weighted by molar-refractivity contribution is 5.72. The highest BCUT2D eigenvalue weighted by Gasteiger charge is 2.06. The van der Waals surface area contributed by atoms with Gasteiger partial charge in [-0.3, -0.25) is 10.4 Å². The predicted molar refractivity (Wildman–Crippen MR) is 76.0 cm³/mol. The average Bonchev–Trinajstić information content (AvgIpc) is 2.32. The Bertz CT molecular complexity index is 642. The Morgan fingerprint density at radius 2 is 2.05 bits per heavy atom. The van der Waals surface area contributed by atoms with Gasteiger partial charge in [-0.25, -0.2) is 4.98 Å². The summed E-state index contributed by atoms with van der Waals surface area (Å²) in [5.74, 6) is 0.878. The molecular formula is C14H21N5. The lowest BCUT2D eigenvalue weighted by molar-refractivity contribution is 0.382. The molecule has 0 spiro atoms. The third-order valence-corrected chi connectivity index (χ3v) is 3.16. The zero-order chi connectivity index (χ0) is 14.0. The van der Waals surface area contributed by atoms with E-state index in [1.807, 2.05) is 24.5 Å². The molecule has 0 aliphatic carbocycles. The van der Waals surface area contributed by atoms with Crippen LogP contribution in [0.4, 0.5) is 0 Å². The fourth-order valence-corrected chi connectivity index (χ4v) is 2.16. The van der Waals surface area contributed by atoms with E-state index in [2.05, 4.69) is 29.0 Å². The van der Waals surface area contributed by atoms with Gasteiger partial charge in [0.05, 0.1) is 5.52 Å². The molecule has 0 aromatic carbocycles. The van der Waals surface area contributed by atoms with Crippen molar-refractivity contribution in [3.8, 4) is 0 Å². The van der Waals surface area contributed by atoms with Gasteiger partial charge < -0.3 is 9.47 Å². The van der Waals surface area contributed by atoms with Crippen molar-refractivity contribution >= 4 is 11.0 Å². The number of rotatable bonds is 4. The second-order valence-electron chi connectivity index (χ2n) is 5.20. The Balaban J connectivity index is 2.39. The Morgan fingerprint density at radius 1 is 1.32 bits per heavy atom. The maximum Gasteiger partial charge on any atom is 0.154 e. The van der Waals surface area contributed by atoms with Gasteiger partial charge in [0.1, 0.15) is 11.3 Å². The number of nitrogens with one attached hydrogen (secondary N) is 1. The number of aromatic nitrogens is 3. The number of pyridine rings is 1. The molecular weight excluding hydrogens is 238 g/mol. The topological polar surface area (TPSA) is 57.8 Å². The summed E-state index contributed by atoms with van der Waals surface area (Å²) in [6.07, 6.45) is 2.80. The molecule has 2 aromatic heterocycles. The van der Waals surface area contributed by atoms with E-state index >= 15 is 0 Å². The molecule has 0 fully saturated rings. The standard InChI is InChI=1S/C14H21N5/c1-10-8-12-13(16-9-10)14(15)19(11(2)17-12)7-5-6-18(3)4/h8-9,15H,5-7H2,1-4H3. The first-order valence-corrected chi connectivity index (χ1v) is 6.52. The first-order valence-electron chi connectivity index (χ1n) is 6.52. The second-order valence-corrected chi connectivity index (χ2v) is 5.20. The van der Waals surface area contributed by atoms with Crippen LogP contribution in [0.25, 0.3) is 11.0 Å². The molecule has 0 radical (unpaired) electrons. The summed E-state index contributed by atoms with van der Waals surface area (Å²) in [5, 5.41) is 8.28. The molecule has 0 unspecified atom stereocenters. The lowest BCUT2D eigenvalue weighted by Crippen LogP contribution is -2.26. The maximum absolute atomic E-state index is 8.28. The smallest absolute Gasteiger partial charge is 0.154 e. The van der Waals surface area contributed by atoms with Crippen molar-refractivity contribution in [1.29, 1.82) is 5.41 Å². The molecule has 0 saturated carbocycles. The van der Waals surface area contributed by atoms with Crippen molar-refractivity contribution in [3.63, 3.8) is 0 Å². The Labute approximate surface area is 113 Å². The van der Waals surface area contributed by atoms with Crippen LogP contribution in [-0.4, -0.2) is 40.1 Å². The van der Waals surface area contributed by atoms with Crippen LogP contribution in [-0.2, 0) is 6.54 Å². The van der Waals surface area contributed by atoms with Gasteiger partial charge in [-0.15, -0.1) is 0 Å². The molecule has 0 atom stereocenters. The van der Waals surface area contributed by atoms with Crippen molar-refractivity contribution in [2.75, 3.05) is 20.6 Å². The molecule has 0 amide bonds. The van der Waals surface area contributed by atoms with Crippen LogP contribution < -0.4 is 5.49 Å². The van der Waals surface area contributed by atoms with Crippen LogP contribution in [0, 0.1) is 19.3 Å². The summed E-state index contributed by atoms with van der Waals surface area (Å²) in [5.41, 5.74) is 3.03. The normalized spacial score (nSPS) is 11.4. The van der Waals surface area contributed by atoms with Gasteiger partial charge in [0, 0.05) is 12.7 Å². The van der Waals surface area contributed by atoms with Crippen LogP contribution in [0.5, 0.6) is 0 Å². The summed E-state index contributed by atoms with van der Waals surface area (Å²) in [4.78, 5) is 11.1. The van der Waals surface area contributed by atoms with Gasteiger partial charge in [0.15, 0.2) is 5.49 Å². The molecule has 5 nitrogen and oxygen atoms in total. The van der Waals surface area contributed by atoms with E-state index in [-0.39, 0.29) is 0 Å². The van der Waals surface area contributed by atoms with Crippen molar-refractivity contribution in [2.24, 2.45) is 0 Å². The SMILES string of the molecule is Cc1cnc2c(=N)n(CCCN(C)C)c(C)nc2c1. The minimum atomic E-state index is 0.459.